The number of piperazine rings is 1. The molecular weight excluding hydrogens is 497 g/mol. The number of nitrogens with zero attached hydrogens (tertiary/aromatic N) is 4. The van der Waals surface area contributed by atoms with Crippen LogP contribution in [0.2, 0.25) is 5.02 Å². The molecule has 1 N–H and O–H groups in total. The van der Waals surface area contributed by atoms with Gasteiger partial charge in [-0.3, -0.25) is 4.79 Å². The smallest absolute Gasteiger partial charge is 0.408 e. The standard InChI is InChI=1S/C27H35ClFN5O3/c1-16-6-9-21-23(16)24(31-15-30-21)34-11-10-33(14-17(34)2)25(35)22(32-26(36)37-27(3,4)5)13-18-7-8-19(28)20(29)12-18/h7-8,12,15-17,22H,6,9-11,13-14H2,1-5H3,(H,32,36)/t16-,17+,22-/m1/s1. The van der Waals surface area contributed by atoms with E-state index < -0.39 is 23.6 Å². The van der Waals surface area contributed by atoms with Crippen LogP contribution in [-0.4, -0.2) is 64.2 Å². The number of carbonyl (C=O) groups is 2. The first-order chi connectivity index (χ1) is 17.4. The topological polar surface area (TPSA) is 87.7 Å². The van der Waals surface area contributed by atoms with Crippen molar-refractivity contribution >= 4 is 29.4 Å². The SMILES string of the molecule is C[C@@H]1CCc2ncnc(N3CCN(C(=O)[C@@H](Cc4ccc(Cl)c(F)c4)NC(=O)OC(C)(C)C)C[C@@H]3C)c21. The van der Waals surface area contributed by atoms with Gasteiger partial charge in [0.15, 0.2) is 0 Å². The molecule has 1 aliphatic carbocycles. The minimum Gasteiger partial charge on any atom is -0.444 e. The summed E-state index contributed by atoms with van der Waals surface area (Å²) in [7, 11) is 0. The third-order valence-electron chi connectivity index (χ3n) is 6.88. The van der Waals surface area contributed by atoms with E-state index in [2.05, 4.69) is 34.0 Å². The predicted molar refractivity (Wildman–Crippen MR) is 140 cm³/mol. The lowest BCUT2D eigenvalue weighted by molar-refractivity contribution is -0.134. The number of carbonyl (C=O) groups excluding carboxylic acids is 2. The van der Waals surface area contributed by atoms with Crippen LogP contribution in [0, 0.1) is 5.82 Å². The Kier molecular flexibility index (Phi) is 7.92. The van der Waals surface area contributed by atoms with Gasteiger partial charge in [-0.05, 0) is 64.2 Å². The lowest BCUT2D eigenvalue weighted by Gasteiger charge is -2.42. The Balaban J connectivity index is 1.51. The monoisotopic (exact) mass is 531 g/mol. The van der Waals surface area contributed by atoms with Crippen molar-refractivity contribution in [3.05, 3.63) is 52.2 Å². The van der Waals surface area contributed by atoms with E-state index in [-0.39, 0.29) is 23.4 Å². The first-order valence-corrected chi connectivity index (χ1v) is 13.1. The molecule has 200 valence electrons. The molecule has 2 aromatic rings. The number of ether oxygens (including phenoxy) is 1. The highest BCUT2D eigenvalue weighted by Gasteiger charge is 2.35. The number of halogens is 2. The molecule has 0 radical (unpaired) electrons. The molecule has 1 aromatic heterocycles. The van der Waals surface area contributed by atoms with Crippen LogP contribution in [-0.2, 0) is 22.4 Å². The van der Waals surface area contributed by atoms with Crippen molar-refractivity contribution < 1.29 is 18.7 Å². The predicted octanol–water partition coefficient (Wildman–Crippen LogP) is 4.49. The van der Waals surface area contributed by atoms with Crippen LogP contribution in [0.25, 0.3) is 0 Å². The van der Waals surface area contributed by atoms with Gasteiger partial charge in [0.05, 0.1) is 5.02 Å². The summed E-state index contributed by atoms with van der Waals surface area (Å²) < 4.78 is 19.5. The highest BCUT2D eigenvalue weighted by molar-refractivity contribution is 6.30. The third kappa shape index (κ3) is 6.32. The van der Waals surface area contributed by atoms with Crippen molar-refractivity contribution in [3.63, 3.8) is 0 Å². The second kappa shape index (κ2) is 10.8. The highest BCUT2D eigenvalue weighted by Crippen LogP contribution is 2.38. The molecule has 0 unspecified atom stereocenters. The number of aromatic nitrogens is 2. The van der Waals surface area contributed by atoms with Crippen molar-refractivity contribution in [2.45, 2.75) is 77.5 Å². The van der Waals surface area contributed by atoms with Crippen molar-refractivity contribution in [2.24, 2.45) is 0 Å². The summed E-state index contributed by atoms with van der Waals surface area (Å²) in [4.78, 5) is 39.3. The molecular formula is C27H35ClFN5O3. The Morgan fingerprint density at radius 3 is 2.68 bits per heavy atom. The summed E-state index contributed by atoms with van der Waals surface area (Å²) in [5, 5.41) is 2.71. The number of hydrogen-bond donors (Lipinski definition) is 1. The number of anilines is 1. The number of alkyl carbamates (subject to hydrolysis) is 1. The van der Waals surface area contributed by atoms with E-state index in [4.69, 9.17) is 16.3 Å². The van der Waals surface area contributed by atoms with Gasteiger partial charge in [-0.25, -0.2) is 19.2 Å². The average Bonchev–Trinajstić information content (AvgIpc) is 3.20. The number of hydrogen-bond acceptors (Lipinski definition) is 6. The average molecular weight is 532 g/mol. The first-order valence-electron chi connectivity index (χ1n) is 12.8. The summed E-state index contributed by atoms with van der Waals surface area (Å²) >= 11 is 5.83. The molecule has 0 bridgehead atoms. The summed E-state index contributed by atoms with van der Waals surface area (Å²) in [6.45, 7) is 11.1. The van der Waals surface area contributed by atoms with E-state index >= 15 is 0 Å². The van der Waals surface area contributed by atoms with E-state index in [0.29, 0.717) is 31.1 Å². The Morgan fingerprint density at radius 1 is 1.24 bits per heavy atom. The molecule has 4 rings (SSSR count). The molecule has 37 heavy (non-hydrogen) atoms. The van der Waals surface area contributed by atoms with Gasteiger partial charge in [-0.15, -0.1) is 0 Å². The molecule has 0 spiro atoms. The quantitative estimate of drug-likeness (QED) is 0.611. The summed E-state index contributed by atoms with van der Waals surface area (Å²) in [5.41, 5.74) is 2.15. The molecule has 2 amide bonds. The van der Waals surface area contributed by atoms with Gasteiger partial charge in [0, 0.05) is 43.4 Å². The van der Waals surface area contributed by atoms with E-state index in [1.807, 2.05) is 0 Å². The molecule has 1 aromatic carbocycles. The zero-order valence-corrected chi connectivity index (χ0v) is 22.8. The number of benzene rings is 1. The van der Waals surface area contributed by atoms with E-state index in [1.54, 1.807) is 38.1 Å². The molecule has 1 saturated heterocycles. The van der Waals surface area contributed by atoms with Gasteiger partial charge in [-0.2, -0.15) is 0 Å². The molecule has 1 fully saturated rings. The Morgan fingerprint density at radius 2 is 2.00 bits per heavy atom. The van der Waals surface area contributed by atoms with Gasteiger partial charge in [0.2, 0.25) is 5.91 Å². The van der Waals surface area contributed by atoms with Crippen molar-refractivity contribution in [2.75, 3.05) is 24.5 Å². The fourth-order valence-corrected chi connectivity index (χ4v) is 5.21. The minimum atomic E-state index is -0.919. The highest BCUT2D eigenvalue weighted by atomic mass is 35.5. The second-order valence-electron chi connectivity index (χ2n) is 11.0. The lowest BCUT2D eigenvalue weighted by atomic mass is 10.0. The zero-order chi connectivity index (χ0) is 26.9. The van der Waals surface area contributed by atoms with Gasteiger partial charge in [-0.1, -0.05) is 24.6 Å². The Bertz CT molecular complexity index is 1170. The van der Waals surface area contributed by atoms with Crippen LogP contribution in [0.4, 0.5) is 15.0 Å². The fraction of sp³-hybridized carbons (Fsp3) is 0.556. The summed E-state index contributed by atoms with van der Waals surface area (Å²) in [6.07, 6.45) is 3.07. The Hall–Kier alpha value is -2.94. The maximum Gasteiger partial charge on any atom is 0.408 e. The molecule has 10 heteroatoms. The normalized spacial score (nSPS) is 20.4. The minimum absolute atomic E-state index is 0.00204. The van der Waals surface area contributed by atoms with Crippen molar-refractivity contribution in [1.82, 2.24) is 20.2 Å². The van der Waals surface area contributed by atoms with Crippen LogP contribution in [0.3, 0.4) is 0 Å². The number of nitrogens with one attached hydrogen (secondary N) is 1. The number of rotatable bonds is 5. The molecule has 2 aliphatic rings. The van der Waals surface area contributed by atoms with Crippen LogP contribution >= 0.6 is 11.6 Å². The van der Waals surface area contributed by atoms with Crippen LogP contribution < -0.4 is 10.2 Å². The van der Waals surface area contributed by atoms with Gasteiger partial charge in [0.25, 0.3) is 0 Å². The zero-order valence-electron chi connectivity index (χ0n) is 22.1. The van der Waals surface area contributed by atoms with Crippen molar-refractivity contribution in [1.29, 1.82) is 0 Å². The lowest BCUT2D eigenvalue weighted by Crippen LogP contribution is -2.59. The number of amides is 2. The number of aryl methyl sites for hydroxylation is 1. The van der Waals surface area contributed by atoms with Gasteiger partial charge >= 0.3 is 6.09 Å². The van der Waals surface area contributed by atoms with Crippen LogP contribution in [0.1, 0.15) is 63.8 Å². The molecule has 3 atom stereocenters. The van der Waals surface area contributed by atoms with E-state index in [1.165, 1.54) is 17.7 Å². The molecule has 0 saturated carbocycles. The number of fused-ring (bicyclic) bond motifs is 1. The van der Waals surface area contributed by atoms with Crippen LogP contribution in [0.5, 0.6) is 0 Å². The van der Waals surface area contributed by atoms with Crippen molar-refractivity contribution in [3.8, 4) is 0 Å². The largest absolute Gasteiger partial charge is 0.444 e. The summed E-state index contributed by atoms with van der Waals surface area (Å²) in [6, 6.07) is 3.48. The third-order valence-corrected chi connectivity index (χ3v) is 7.18. The van der Waals surface area contributed by atoms with E-state index in [9.17, 15) is 14.0 Å². The van der Waals surface area contributed by atoms with Gasteiger partial charge in [0.1, 0.15) is 29.6 Å². The Labute approximate surface area is 222 Å². The van der Waals surface area contributed by atoms with Gasteiger partial charge < -0.3 is 19.9 Å². The molecule has 2 heterocycles. The first kappa shape index (κ1) is 27.1. The maximum atomic E-state index is 14.1. The van der Waals surface area contributed by atoms with E-state index in [0.717, 1.165) is 24.4 Å². The molecule has 8 nitrogen and oxygen atoms in total. The summed E-state index contributed by atoms with van der Waals surface area (Å²) in [5.74, 6) is 0.542. The van der Waals surface area contributed by atoms with Crippen LogP contribution in [0.15, 0.2) is 24.5 Å². The fourth-order valence-electron chi connectivity index (χ4n) is 5.10. The maximum absolute atomic E-state index is 14.1. The molecule has 1 aliphatic heterocycles. The second-order valence-corrected chi connectivity index (χ2v) is 11.4.